The first-order valence-electron chi connectivity index (χ1n) is 8.01. The lowest BCUT2D eigenvalue weighted by Gasteiger charge is -2.36. The maximum atomic E-state index is 12.6. The molecular formula is C17H28N2O3. The number of Topliss-reactive ketones (excluding diaryl/α,β-unsaturated/α-hetero) is 1. The maximum absolute atomic E-state index is 12.6. The van der Waals surface area contributed by atoms with E-state index in [1.165, 1.54) is 7.11 Å². The van der Waals surface area contributed by atoms with Crippen LogP contribution in [0.2, 0.25) is 0 Å². The Labute approximate surface area is 133 Å². The first kappa shape index (κ1) is 18.6. The number of esters is 1. The van der Waals surface area contributed by atoms with E-state index in [9.17, 15) is 9.59 Å². The summed E-state index contributed by atoms with van der Waals surface area (Å²) in [7, 11) is 1.30. The van der Waals surface area contributed by atoms with Crippen molar-refractivity contribution in [1.82, 2.24) is 5.32 Å². The molecule has 1 rings (SSSR count). The van der Waals surface area contributed by atoms with Crippen molar-refractivity contribution in [3.05, 3.63) is 0 Å². The van der Waals surface area contributed by atoms with Gasteiger partial charge >= 0.3 is 5.97 Å². The number of carbonyl (C=O) groups excluding carboxylic acids is 2. The fourth-order valence-electron chi connectivity index (χ4n) is 3.19. The van der Waals surface area contributed by atoms with E-state index in [4.69, 9.17) is 10.00 Å². The second kappa shape index (κ2) is 7.73. The van der Waals surface area contributed by atoms with Crippen molar-refractivity contribution in [1.29, 1.82) is 5.26 Å². The van der Waals surface area contributed by atoms with E-state index in [0.717, 1.165) is 32.1 Å². The van der Waals surface area contributed by atoms with Gasteiger partial charge in [0, 0.05) is 0 Å². The highest BCUT2D eigenvalue weighted by Gasteiger charge is 2.52. The summed E-state index contributed by atoms with van der Waals surface area (Å²) in [4.78, 5) is 25.1. The van der Waals surface area contributed by atoms with Gasteiger partial charge in [-0.15, -0.1) is 0 Å². The molecule has 0 aromatic rings. The van der Waals surface area contributed by atoms with Gasteiger partial charge in [0.2, 0.25) is 0 Å². The van der Waals surface area contributed by atoms with Crippen LogP contribution in [0.4, 0.5) is 0 Å². The number of hydrogen-bond donors (Lipinski definition) is 1. The minimum atomic E-state index is -1.35. The summed E-state index contributed by atoms with van der Waals surface area (Å²) in [5.41, 5.74) is -1.25. The van der Waals surface area contributed by atoms with Crippen LogP contribution in [-0.2, 0) is 14.3 Å². The molecule has 124 valence electrons. The third kappa shape index (κ3) is 4.30. The SMILES string of the molecule is COC(=O)[C@@](NCCC(C)(C)C)(C(=O)CC#N)C1CCCC1. The smallest absolute Gasteiger partial charge is 0.334 e. The van der Waals surface area contributed by atoms with Gasteiger partial charge in [0.15, 0.2) is 11.3 Å². The Morgan fingerprint density at radius 3 is 2.32 bits per heavy atom. The van der Waals surface area contributed by atoms with Crippen LogP contribution in [0, 0.1) is 22.7 Å². The highest BCUT2D eigenvalue weighted by Crippen LogP contribution is 2.36. The maximum Gasteiger partial charge on any atom is 0.334 e. The van der Waals surface area contributed by atoms with Crippen LogP contribution in [-0.4, -0.2) is 30.9 Å². The number of ketones is 1. The number of hydrogen-bond acceptors (Lipinski definition) is 5. The standard InChI is InChI=1S/C17H28N2O3/c1-16(2,3)10-12-19-17(15(21)22-4,14(20)9-11-18)13-7-5-6-8-13/h13,19H,5-10,12H2,1-4H3/t17-/m0/s1. The van der Waals surface area contributed by atoms with Gasteiger partial charge in [-0.2, -0.15) is 5.26 Å². The molecule has 1 N–H and O–H groups in total. The topological polar surface area (TPSA) is 79.2 Å². The van der Waals surface area contributed by atoms with Crippen LogP contribution in [0.25, 0.3) is 0 Å². The van der Waals surface area contributed by atoms with Gasteiger partial charge in [-0.25, -0.2) is 4.79 Å². The fourth-order valence-corrected chi connectivity index (χ4v) is 3.19. The molecule has 5 nitrogen and oxygen atoms in total. The van der Waals surface area contributed by atoms with E-state index in [1.54, 1.807) is 0 Å². The average molecular weight is 308 g/mol. The van der Waals surface area contributed by atoms with Crippen LogP contribution in [0.15, 0.2) is 0 Å². The monoisotopic (exact) mass is 308 g/mol. The van der Waals surface area contributed by atoms with Crippen LogP contribution in [0.5, 0.6) is 0 Å². The Kier molecular flexibility index (Phi) is 6.55. The quantitative estimate of drug-likeness (QED) is 0.577. The van der Waals surface area contributed by atoms with Gasteiger partial charge in [-0.05, 0) is 37.1 Å². The predicted octanol–water partition coefficient (Wildman–Crippen LogP) is 2.60. The zero-order valence-electron chi connectivity index (χ0n) is 14.2. The van der Waals surface area contributed by atoms with E-state index >= 15 is 0 Å². The number of nitriles is 1. The molecule has 0 saturated heterocycles. The summed E-state index contributed by atoms with van der Waals surface area (Å²) in [6, 6.07) is 1.88. The van der Waals surface area contributed by atoms with Crippen molar-refractivity contribution >= 4 is 11.8 Å². The molecule has 0 aromatic heterocycles. The van der Waals surface area contributed by atoms with Crippen molar-refractivity contribution in [3.63, 3.8) is 0 Å². The zero-order valence-corrected chi connectivity index (χ0v) is 14.2. The third-order valence-corrected chi connectivity index (χ3v) is 4.43. The molecule has 1 aliphatic carbocycles. The molecule has 5 heteroatoms. The predicted molar refractivity (Wildman–Crippen MR) is 84.0 cm³/mol. The molecule has 0 unspecified atom stereocenters. The van der Waals surface area contributed by atoms with Crippen LogP contribution >= 0.6 is 0 Å². The summed E-state index contributed by atoms with van der Waals surface area (Å²) in [6.45, 7) is 6.88. The van der Waals surface area contributed by atoms with E-state index < -0.39 is 11.5 Å². The van der Waals surface area contributed by atoms with Gasteiger partial charge in [0.25, 0.3) is 0 Å². The van der Waals surface area contributed by atoms with E-state index in [0.29, 0.717) is 6.54 Å². The number of carbonyl (C=O) groups is 2. The summed E-state index contributed by atoms with van der Waals surface area (Å²) >= 11 is 0. The molecule has 1 aliphatic rings. The molecule has 0 spiro atoms. The summed E-state index contributed by atoms with van der Waals surface area (Å²) in [6.07, 6.45) is 4.20. The Balaban J connectivity index is 3.05. The number of nitrogens with zero attached hydrogens (tertiary/aromatic N) is 1. The van der Waals surface area contributed by atoms with Crippen molar-refractivity contribution in [2.75, 3.05) is 13.7 Å². The Bertz CT molecular complexity index is 442. The van der Waals surface area contributed by atoms with Gasteiger partial charge in [0.05, 0.1) is 19.6 Å². The highest BCUT2D eigenvalue weighted by molar-refractivity contribution is 6.09. The second-order valence-electron chi connectivity index (χ2n) is 7.28. The minimum absolute atomic E-state index is 0.0826. The second-order valence-corrected chi connectivity index (χ2v) is 7.28. The molecule has 0 radical (unpaired) electrons. The molecule has 0 amide bonds. The molecule has 1 atom stereocenters. The van der Waals surface area contributed by atoms with Gasteiger partial charge in [0.1, 0.15) is 0 Å². The molecule has 0 bridgehead atoms. The van der Waals surface area contributed by atoms with Crippen molar-refractivity contribution in [2.24, 2.45) is 11.3 Å². The van der Waals surface area contributed by atoms with Crippen LogP contribution in [0.1, 0.15) is 59.3 Å². The van der Waals surface area contributed by atoms with Crippen molar-refractivity contribution < 1.29 is 14.3 Å². The number of rotatable bonds is 7. The molecule has 22 heavy (non-hydrogen) atoms. The molecule has 0 heterocycles. The lowest BCUT2D eigenvalue weighted by molar-refractivity contribution is -0.156. The molecule has 1 saturated carbocycles. The van der Waals surface area contributed by atoms with E-state index in [2.05, 4.69) is 26.1 Å². The van der Waals surface area contributed by atoms with Gasteiger partial charge in [-0.1, -0.05) is 33.6 Å². The zero-order chi connectivity index (χ0) is 16.8. The Morgan fingerprint density at radius 1 is 1.27 bits per heavy atom. The van der Waals surface area contributed by atoms with Gasteiger partial charge in [-0.3, -0.25) is 10.1 Å². The molecule has 0 aromatic carbocycles. The van der Waals surface area contributed by atoms with Crippen molar-refractivity contribution in [2.45, 2.75) is 64.8 Å². The summed E-state index contributed by atoms with van der Waals surface area (Å²) in [5, 5.41) is 12.1. The molecule has 1 fully saturated rings. The normalized spacial score (nSPS) is 18.5. The van der Waals surface area contributed by atoms with Crippen LogP contribution in [0.3, 0.4) is 0 Å². The Hall–Kier alpha value is -1.41. The lowest BCUT2D eigenvalue weighted by Crippen LogP contribution is -2.63. The molecular weight excluding hydrogens is 280 g/mol. The summed E-state index contributed by atoms with van der Waals surface area (Å²) < 4.78 is 4.95. The number of ether oxygens (including phenoxy) is 1. The average Bonchev–Trinajstić information content (AvgIpc) is 2.96. The first-order valence-corrected chi connectivity index (χ1v) is 8.01. The first-order chi connectivity index (χ1) is 10.3. The van der Waals surface area contributed by atoms with Crippen LogP contribution < -0.4 is 5.32 Å². The van der Waals surface area contributed by atoms with E-state index in [-0.39, 0.29) is 23.5 Å². The number of nitrogens with one attached hydrogen (secondary N) is 1. The van der Waals surface area contributed by atoms with Gasteiger partial charge < -0.3 is 4.74 Å². The largest absolute Gasteiger partial charge is 0.467 e. The summed E-state index contributed by atoms with van der Waals surface area (Å²) in [5.74, 6) is -0.989. The minimum Gasteiger partial charge on any atom is -0.467 e. The third-order valence-electron chi connectivity index (χ3n) is 4.43. The van der Waals surface area contributed by atoms with E-state index in [1.807, 2.05) is 6.07 Å². The molecule has 0 aliphatic heterocycles. The fraction of sp³-hybridized carbons (Fsp3) is 0.824. The lowest BCUT2D eigenvalue weighted by atomic mass is 9.77. The number of methoxy groups -OCH3 is 1. The Morgan fingerprint density at radius 2 is 1.86 bits per heavy atom. The highest BCUT2D eigenvalue weighted by atomic mass is 16.5. The van der Waals surface area contributed by atoms with Crippen molar-refractivity contribution in [3.8, 4) is 6.07 Å².